The van der Waals surface area contributed by atoms with Gasteiger partial charge in [0.2, 0.25) is 5.91 Å². The molecule has 0 saturated carbocycles. The predicted molar refractivity (Wildman–Crippen MR) is 104 cm³/mol. The van der Waals surface area contributed by atoms with Crippen molar-refractivity contribution in [3.8, 4) is 0 Å². The Labute approximate surface area is 160 Å². The van der Waals surface area contributed by atoms with Crippen LogP contribution in [0.4, 0.5) is 5.82 Å². The monoisotopic (exact) mass is 377 g/mol. The van der Waals surface area contributed by atoms with Gasteiger partial charge >= 0.3 is 0 Å². The van der Waals surface area contributed by atoms with Gasteiger partial charge in [0.25, 0.3) is 0 Å². The lowest BCUT2D eigenvalue weighted by molar-refractivity contribution is -0.135. The maximum Gasteiger partial charge on any atom is 0.240 e. The molecule has 1 atom stereocenters. The van der Waals surface area contributed by atoms with Crippen LogP contribution in [0.25, 0.3) is 0 Å². The summed E-state index contributed by atoms with van der Waals surface area (Å²) in [5, 5.41) is 4.12. The first-order chi connectivity index (χ1) is 12.6. The van der Waals surface area contributed by atoms with Gasteiger partial charge < -0.3 is 15.1 Å². The van der Waals surface area contributed by atoms with Crippen molar-refractivity contribution < 1.29 is 4.79 Å². The number of nitrogens with one attached hydrogen (secondary N) is 1. The van der Waals surface area contributed by atoms with Crippen molar-refractivity contribution in [3.63, 3.8) is 0 Å². The van der Waals surface area contributed by atoms with Crippen LogP contribution in [0.15, 0.2) is 18.3 Å². The number of carbonyl (C=O) groups excluding carboxylic acids is 1. The lowest BCUT2D eigenvalue weighted by Gasteiger charge is -2.37. The van der Waals surface area contributed by atoms with Crippen molar-refractivity contribution in [2.45, 2.75) is 25.3 Å². The Morgan fingerprint density at radius 2 is 2.00 bits per heavy atom. The molecule has 1 spiro atoms. The molecule has 3 aliphatic heterocycles. The van der Waals surface area contributed by atoms with E-state index in [1.807, 2.05) is 17.0 Å². The summed E-state index contributed by atoms with van der Waals surface area (Å²) >= 11 is 6.27. The minimum Gasteiger partial charge on any atom is -0.352 e. The van der Waals surface area contributed by atoms with Gasteiger partial charge in [-0.2, -0.15) is 0 Å². The highest BCUT2D eigenvalue weighted by Crippen LogP contribution is 2.41. The molecule has 7 heteroatoms. The van der Waals surface area contributed by atoms with Crippen LogP contribution >= 0.6 is 11.6 Å². The van der Waals surface area contributed by atoms with Crippen LogP contribution < -0.4 is 10.2 Å². The third-order valence-corrected chi connectivity index (χ3v) is 6.62. The van der Waals surface area contributed by atoms with E-state index in [4.69, 9.17) is 11.6 Å². The molecule has 3 saturated heterocycles. The first-order valence-corrected chi connectivity index (χ1v) is 10.0. The van der Waals surface area contributed by atoms with Crippen LogP contribution in [-0.2, 0) is 4.79 Å². The van der Waals surface area contributed by atoms with E-state index >= 15 is 0 Å². The molecule has 0 aromatic carbocycles. The Bertz CT molecular complexity index is 655. The van der Waals surface area contributed by atoms with Gasteiger partial charge in [-0.25, -0.2) is 4.98 Å². The topological polar surface area (TPSA) is 51.7 Å². The van der Waals surface area contributed by atoms with Gasteiger partial charge in [0, 0.05) is 38.9 Å². The van der Waals surface area contributed by atoms with Gasteiger partial charge in [-0.15, -0.1) is 0 Å². The number of pyridine rings is 1. The summed E-state index contributed by atoms with van der Waals surface area (Å²) in [5.74, 6) is 1.13. The lowest BCUT2D eigenvalue weighted by atomic mass is 9.77. The molecule has 1 aromatic heterocycles. The van der Waals surface area contributed by atoms with Gasteiger partial charge in [0.05, 0.1) is 11.1 Å². The van der Waals surface area contributed by atoms with Crippen LogP contribution in [0.3, 0.4) is 0 Å². The second-order valence-corrected chi connectivity index (χ2v) is 8.41. The fourth-order valence-corrected chi connectivity index (χ4v) is 5.07. The number of likely N-dealkylation sites (tertiary alicyclic amines) is 1. The number of amides is 1. The summed E-state index contributed by atoms with van der Waals surface area (Å²) in [4.78, 5) is 24.1. The fraction of sp³-hybridized carbons (Fsp3) is 0.684. The molecule has 1 amide bonds. The number of anilines is 1. The molecule has 3 aliphatic rings. The van der Waals surface area contributed by atoms with E-state index in [1.165, 1.54) is 12.8 Å². The number of hydrogen-bond donors (Lipinski definition) is 1. The molecule has 142 valence electrons. The third-order valence-electron chi connectivity index (χ3n) is 6.32. The molecule has 26 heavy (non-hydrogen) atoms. The summed E-state index contributed by atoms with van der Waals surface area (Å²) in [6.07, 6.45) is 5.15. The minimum absolute atomic E-state index is 0.0399. The molecule has 4 heterocycles. The molecule has 1 aromatic rings. The van der Waals surface area contributed by atoms with Crippen molar-refractivity contribution in [1.82, 2.24) is 20.1 Å². The van der Waals surface area contributed by atoms with E-state index in [0.29, 0.717) is 16.3 Å². The highest BCUT2D eigenvalue weighted by atomic mass is 35.5. The second-order valence-electron chi connectivity index (χ2n) is 8.01. The highest BCUT2D eigenvalue weighted by Gasteiger charge is 2.46. The number of hydrogen-bond acceptors (Lipinski definition) is 5. The Kier molecular flexibility index (Phi) is 5.08. The zero-order chi connectivity index (χ0) is 18.1. The van der Waals surface area contributed by atoms with E-state index in [9.17, 15) is 4.79 Å². The van der Waals surface area contributed by atoms with E-state index in [-0.39, 0.29) is 6.04 Å². The van der Waals surface area contributed by atoms with Crippen LogP contribution in [0, 0.1) is 5.41 Å². The predicted octanol–water partition coefficient (Wildman–Crippen LogP) is 1.46. The van der Waals surface area contributed by atoms with Crippen molar-refractivity contribution in [1.29, 1.82) is 0 Å². The van der Waals surface area contributed by atoms with Crippen molar-refractivity contribution in [2.24, 2.45) is 5.41 Å². The van der Waals surface area contributed by atoms with Gasteiger partial charge in [0.15, 0.2) is 0 Å². The van der Waals surface area contributed by atoms with Gasteiger partial charge in [-0.3, -0.25) is 9.69 Å². The number of aromatic nitrogens is 1. The fourth-order valence-electron chi connectivity index (χ4n) is 4.82. The average Bonchev–Trinajstić information content (AvgIpc) is 2.98. The normalized spacial score (nSPS) is 26.5. The number of likely N-dealkylation sites (N-methyl/N-ethyl adjacent to an activating group) is 1. The average molecular weight is 378 g/mol. The van der Waals surface area contributed by atoms with E-state index in [0.717, 1.165) is 58.1 Å². The Balaban J connectivity index is 1.37. The Morgan fingerprint density at radius 3 is 2.69 bits per heavy atom. The number of piperazine rings is 1. The Morgan fingerprint density at radius 1 is 1.27 bits per heavy atom. The maximum absolute atomic E-state index is 13.2. The molecule has 6 nitrogen and oxygen atoms in total. The second kappa shape index (κ2) is 7.33. The van der Waals surface area contributed by atoms with Crippen molar-refractivity contribution in [2.75, 3.05) is 57.8 Å². The smallest absolute Gasteiger partial charge is 0.240 e. The number of nitrogens with zero attached hydrogens (tertiary/aromatic N) is 4. The number of rotatable bonds is 2. The van der Waals surface area contributed by atoms with Gasteiger partial charge in [0.1, 0.15) is 5.82 Å². The molecule has 0 radical (unpaired) electrons. The zero-order valence-corrected chi connectivity index (χ0v) is 16.2. The van der Waals surface area contributed by atoms with Crippen LogP contribution in [0.2, 0.25) is 5.02 Å². The van der Waals surface area contributed by atoms with Crippen LogP contribution in [0.5, 0.6) is 0 Å². The highest BCUT2D eigenvalue weighted by molar-refractivity contribution is 6.32. The van der Waals surface area contributed by atoms with Crippen molar-refractivity contribution >= 4 is 23.3 Å². The largest absolute Gasteiger partial charge is 0.352 e. The molecule has 0 bridgehead atoms. The zero-order valence-electron chi connectivity index (χ0n) is 15.5. The van der Waals surface area contributed by atoms with E-state index in [2.05, 4.69) is 27.1 Å². The molecular weight excluding hydrogens is 350 g/mol. The van der Waals surface area contributed by atoms with E-state index < -0.39 is 0 Å². The SMILES string of the molecule is CN1CC2(CCNCC2)CC1C(=O)N1CCN(c2ncccc2Cl)CC1. The van der Waals surface area contributed by atoms with Gasteiger partial charge in [-0.05, 0) is 56.9 Å². The third kappa shape index (κ3) is 3.42. The molecule has 3 fully saturated rings. The standard InChI is InChI=1S/C19H28ClN5O/c1-23-14-19(4-7-21-8-5-19)13-16(23)18(26)25-11-9-24(10-12-25)17-15(20)3-2-6-22-17/h2-3,6,16,21H,4-5,7-14H2,1H3. The van der Waals surface area contributed by atoms with Crippen molar-refractivity contribution in [3.05, 3.63) is 23.4 Å². The Hall–Kier alpha value is -1.37. The summed E-state index contributed by atoms with van der Waals surface area (Å²) in [7, 11) is 2.11. The molecule has 1 unspecified atom stereocenters. The van der Waals surface area contributed by atoms with Crippen LogP contribution in [-0.4, -0.2) is 79.6 Å². The summed E-state index contributed by atoms with van der Waals surface area (Å²) in [6, 6.07) is 3.75. The number of carbonyl (C=O) groups is 1. The quantitative estimate of drug-likeness (QED) is 0.845. The number of halogens is 1. The summed E-state index contributed by atoms with van der Waals surface area (Å²) < 4.78 is 0. The maximum atomic E-state index is 13.2. The summed E-state index contributed by atoms with van der Waals surface area (Å²) in [6.45, 7) is 6.27. The lowest BCUT2D eigenvalue weighted by Crippen LogP contribution is -2.53. The van der Waals surface area contributed by atoms with Crippen LogP contribution in [0.1, 0.15) is 19.3 Å². The molecular formula is C19H28ClN5O. The first kappa shape index (κ1) is 18.0. The number of piperidine rings is 1. The van der Waals surface area contributed by atoms with Gasteiger partial charge in [-0.1, -0.05) is 11.6 Å². The first-order valence-electron chi connectivity index (χ1n) is 9.63. The summed E-state index contributed by atoms with van der Waals surface area (Å²) in [5.41, 5.74) is 0.337. The molecule has 1 N–H and O–H groups in total. The minimum atomic E-state index is 0.0399. The molecule has 0 aliphatic carbocycles. The van der Waals surface area contributed by atoms with E-state index in [1.54, 1.807) is 6.20 Å². The molecule has 4 rings (SSSR count).